The molecule has 6 aromatic rings. The Kier molecular flexibility index (Phi) is 5.26. The fraction of sp³-hybridized carbons (Fsp3) is 0.103. The number of aryl methyl sites for hydroxylation is 1. The lowest BCUT2D eigenvalue weighted by Crippen LogP contribution is -2.07. The van der Waals surface area contributed by atoms with Crippen molar-refractivity contribution in [1.29, 1.82) is 0 Å². The number of benzene rings is 3. The van der Waals surface area contributed by atoms with Gasteiger partial charge in [0.15, 0.2) is 0 Å². The average molecular weight is 499 g/mol. The van der Waals surface area contributed by atoms with Crippen LogP contribution in [0, 0.1) is 0 Å². The monoisotopic (exact) mass is 499 g/mol. The van der Waals surface area contributed by atoms with Gasteiger partial charge in [-0.1, -0.05) is 37.3 Å². The van der Waals surface area contributed by atoms with Crippen molar-refractivity contribution in [1.82, 2.24) is 14.5 Å². The number of aromatic hydroxyl groups is 1. The van der Waals surface area contributed by atoms with E-state index >= 15 is 0 Å². The molecule has 0 aliphatic heterocycles. The standard InChI is InChI=1S/C29H20F3N3O2/c1-2-17-12-13-33-26(14-17)35-23-8-4-3-6-19(23)20-11-10-18(15-24(20)35)37-27-16-22(29(30,31)32)21-7-5-9-25(36)28(21)34-27/h3-16,36H,2H2,1H3. The minimum atomic E-state index is -4.65. The van der Waals surface area contributed by atoms with Crippen LogP contribution in [-0.2, 0) is 12.6 Å². The Morgan fingerprint density at radius 3 is 2.46 bits per heavy atom. The van der Waals surface area contributed by atoms with Crippen LogP contribution in [0.15, 0.2) is 85.1 Å². The van der Waals surface area contributed by atoms with E-state index in [-0.39, 0.29) is 22.5 Å². The summed E-state index contributed by atoms with van der Waals surface area (Å²) < 4.78 is 49.3. The van der Waals surface area contributed by atoms with Crippen LogP contribution >= 0.6 is 0 Å². The van der Waals surface area contributed by atoms with E-state index in [0.717, 1.165) is 45.7 Å². The predicted molar refractivity (Wildman–Crippen MR) is 136 cm³/mol. The van der Waals surface area contributed by atoms with E-state index in [0.29, 0.717) is 5.75 Å². The van der Waals surface area contributed by atoms with Gasteiger partial charge in [0.1, 0.15) is 22.8 Å². The Morgan fingerprint density at radius 2 is 1.65 bits per heavy atom. The number of hydrogen-bond donors (Lipinski definition) is 1. The third-order valence-corrected chi connectivity index (χ3v) is 6.42. The molecule has 0 radical (unpaired) electrons. The van der Waals surface area contributed by atoms with Crippen molar-refractivity contribution in [3.8, 4) is 23.2 Å². The number of para-hydroxylation sites is 2. The number of fused-ring (bicyclic) bond motifs is 4. The van der Waals surface area contributed by atoms with Gasteiger partial charge in [0.05, 0.1) is 16.6 Å². The number of nitrogens with zero attached hydrogens (tertiary/aromatic N) is 3. The molecule has 0 aliphatic rings. The molecule has 0 aliphatic carbocycles. The van der Waals surface area contributed by atoms with Gasteiger partial charge in [-0.15, -0.1) is 0 Å². The summed E-state index contributed by atoms with van der Waals surface area (Å²) in [6.07, 6.45) is -2.04. The molecule has 3 aromatic heterocycles. The molecule has 0 saturated heterocycles. The highest BCUT2D eigenvalue weighted by molar-refractivity contribution is 6.09. The summed E-state index contributed by atoms with van der Waals surface area (Å²) in [4.78, 5) is 8.76. The molecule has 3 heterocycles. The quantitative estimate of drug-likeness (QED) is 0.269. The number of ether oxygens (including phenoxy) is 1. The molecular weight excluding hydrogens is 479 g/mol. The van der Waals surface area contributed by atoms with E-state index in [4.69, 9.17) is 4.74 Å². The number of phenols is 1. The van der Waals surface area contributed by atoms with Crippen molar-refractivity contribution in [2.24, 2.45) is 0 Å². The van der Waals surface area contributed by atoms with E-state index in [2.05, 4.69) is 16.9 Å². The van der Waals surface area contributed by atoms with E-state index in [1.807, 2.05) is 47.0 Å². The number of hydrogen-bond acceptors (Lipinski definition) is 4. The number of alkyl halides is 3. The molecule has 3 aromatic carbocycles. The van der Waals surface area contributed by atoms with Crippen molar-refractivity contribution < 1.29 is 23.0 Å². The second-order valence-corrected chi connectivity index (χ2v) is 8.69. The van der Waals surface area contributed by atoms with Crippen molar-refractivity contribution in [2.45, 2.75) is 19.5 Å². The van der Waals surface area contributed by atoms with Gasteiger partial charge in [-0.2, -0.15) is 13.2 Å². The summed E-state index contributed by atoms with van der Waals surface area (Å²) in [5.74, 6) is 0.412. The summed E-state index contributed by atoms with van der Waals surface area (Å²) in [6.45, 7) is 2.07. The average Bonchev–Trinajstić information content (AvgIpc) is 3.22. The Hall–Kier alpha value is -4.59. The molecule has 0 fully saturated rings. The molecule has 0 unspecified atom stereocenters. The van der Waals surface area contributed by atoms with Crippen LogP contribution in [0.25, 0.3) is 38.5 Å². The van der Waals surface area contributed by atoms with Crippen molar-refractivity contribution in [3.05, 3.63) is 96.2 Å². The molecule has 8 heteroatoms. The first kappa shape index (κ1) is 22.8. The first-order valence-electron chi connectivity index (χ1n) is 11.7. The molecule has 37 heavy (non-hydrogen) atoms. The number of halogens is 3. The van der Waals surface area contributed by atoms with Crippen LogP contribution in [0.1, 0.15) is 18.1 Å². The molecule has 0 amide bonds. The first-order chi connectivity index (χ1) is 17.8. The maximum Gasteiger partial charge on any atom is 0.417 e. The number of aromatic nitrogens is 3. The van der Waals surface area contributed by atoms with Crippen LogP contribution < -0.4 is 4.74 Å². The maximum atomic E-state index is 13.8. The number of rotatable bonds is 4. The lowest BCUT2D eigenvalue weighted by molar-refractivity contribution is -0.136. The normalized spacial score (nSPS) is 12.0. The Labute approximate surface area is 209 Å². The van der Waals surface area contributed by atoms with Gasteiger partial charge in [0.2, 0.25) is 5.88 Å². The highest BCUT2D eigenvalue weighted by Gasteiger charge is 2.34. The second-order valence-electron chi connectivity index (χ2n) is 8.69. The van der Waals surface area contributed by atoms with Crippen LogP contribution in [0.5, 0.6) is 17.4 Å². The zero-order valence-corrected chi connectivity index (χ0v) is 19.6. The van der Waals surface area contributed by atoms with Gasteiger partial charge in [-0.25, -0.2) is 9.97 Å². The third kappa shape index (κ3) is 3.91. The highest BCUT2D eigenvalue weighted by atomic mass is 19.4. The van der Waals surface area contributed by atoms with Gasteiger partial charge < -0.3 is 9.84 Å². The van der Waals surface area contributed by atoms with Gasteiger partial charge in [-0.3, -0.25) is 4.57 Å². The molecular formula is C29H20F3N3O2. The summed E-state index contributed by atoms with van der Waals surface area (Å²) in [7, 11) is 0. The summed E-state index contributed by atoms with van der Waals surface area (Å²) in [6, 6.07) is 22.0. The van der Waals surface area contributed by atoms with E-state index < -0.39 is 11.7 Å². The van der Waals surface area contributed by atoms with Crippen LogP contribution in [-0.4, -0.2) is 19.6 Å². The molecule has 0 atom stereocenters. The minimum Gasteiger partial charge on any atom is -0.506 e. The lowest BCUT2D eigenvalue weighted by atomic mass is 10.1. The van der Waals surface area contributed by atoms with Crippen molar-refractivity contribution in [3.63, 3.8) is 0 Å². The Balaban J connectivity index is 1.53. The smallest absolute Gasteiger partial charge is 0.417 e. The molecule has 0 spiro atoms. The molecule has 6 rings (SSSR count). The summed E-state index contributed by atoms with van der Waals surface area (Å²) in [5, 5.41) is 12.0. The zero-order valence-electron chi connectivity index (χ0n) is 19.6. The Morgan fingerprint density at radius 1 is 0.865 bits per heavy atom. The fourth-order valence-corrected chi connectivity index (χ4v) is 4.68. The van der Waals surface area contributed by atoms with Crippen LogP contribution in [0.3, 0.4) is 0 Å². The van der Waals surface area contributed by atoms with Gasteiger partial charge in [0.25, 0.3) is 0 Å². The third-order valence-electron chi connectivity index (χ3n) is 6.42. The lowest BCUT2D eigenvalue weighted by Gasteiger charge is -2.14. The molecule has 0 saturated carbocycles. The fourth-order valence-electron chi connectivity index (χ4n) is 4.68. The largest absolute Gasteiger partial charge is 0.506 e. The molecule has 5 nitrogen and oxygen atoms in total. The molecule has 184 valence electrons. The van der Waals surface area contributed by atoms with Crippen LogP contribution in [0.2, 0.25) is 0 Å². The van der Waals surface area contributed by atoms with Crippen molar-refractivity contribution in [2.75, 3.05) is 0 Å². The predicted octanol–water partition coefficient (Wildman–Crippen LogP) is 7.81. The Bertz CT molecular complexity index is 1810. The minimum absolute atomic E-state index is 0.178. The SMILES string of the molecule is CCc1ccnc(-n2c3ccccc3c3ccc(Oc4cc(C(F)(F)F)c5cccc(O)c5n4)cc32)c1. The second kappa shape index (κ2) is 8.51. The zero-order chi connectivity index (χ0) is 25.7. The summed E-state index contributed by atoms with van der Waals surface area (Å²) in [5.41, 5.74) is 1.76. The van der Waals surface area contributed by atoms with Gasteiger partial charge >= 0.3 is 6.18 Å². The first-order valence-corrected chi connectivity index (χ1v) is 11.7. The summed E-state index contributed by atoms with van der Waals surface area (Å²) >= 11 is 0. The number of pyridine rings is 2. The number of phenolic OH excluding ortho intramolecular Hbond substituents is 1. The highest BCUT2D eigenvalue weighted by Crippen LogP contribution is 2.40. The van der Waals surface area contributed by atoms with Crippen molar-refractivity contribution >= 4 is 32.7 Å². The van der Waals surface area contributed by atoms with E-state index in [9.17, 15) is 18.3 Å². The van der Waals surface area contributed by atoms with E-state index in [1.165, 1.54) is 18.2 Å². The molecule has 1 N–H and O–H groups in total. The van der Waals surface area contributed by atoms with Gasteiger partial charge in [-0.05, 0) is 48.4 Å². The maximum absolute atomic E-state index is 13.8. The topological polar surface area (TPSA) is 60.2 Å². The molecule has 0 bridgehead atoms. The van der Waals surface area contributed by atoms with Gasteiger partial charge in [0, 0.05) is 34.5 Å². The van der Waals surface area contributed by atoms with Crippen LogP contribution in [0.4, 0.5) is 13.2 Å². The van der Waals surface area contributed by atoms with E-state index in [1.54, 1.807) is 18.3 Å².